The molecule has 6 nitrogen and oxygen atoms in total. The molecule has 0 fully saturated rings. The van der Waals surface area contributed by atoms with Crippen LogP contribution in [-0.2, 0) is 0 Å². The largest absolute Gasteiger partial charge is 0.506 e. The smallest absolute Gasteiger partial charge is 0.167 e. The van der Waals surface area contributed by atoms with Crippen LogP contribution in [0, 0.1) is 5.82 Å². The number of methoxy groups -OCH3 is 1. The average molecular weight is 374 g/mol. The maximum absolute atomic E-state index is 13.3. The number of halogens is 1. The second-order valence-corrected chi connectivity index (χ2v) is 5.93. The van der Waals surface area contributed by atoms with Gasteiger partial charge in [0.15, 0.2) is 17.5 Å². The van der Waals surface area contributed by atoms with Gasteiger partial charge in [0.05, 0.1) is 18.9 Å². The van der Waals surface area contributed by atoms with Gasteiger partial charge < -0.3 is 9.84 Å². The van der Waals surface area contributed by atoms with E-state index >= 15 is 0 Å². The average Bonchev–Trinajstić information content (AvgIpc) is 2.74. The minimum absolute atomic E-state index is 0.0422. The van der Waals surface area contributed by atoms with Crippen LogP contribution in [0.15, 0.2) is 67.0 Å². The molecule has 0 atom stereocenters. The third kappa shape index (κ3) is 3.50. The van der Waals surface area contributed by atoms with Gasteiger partial charge >= 0.3 is 0 Å². The first-order valence-corrected chi connectivity index (χ1v) is 8.44. The number of ether oxygens (including phenoxy) is 1. The quantitative estimate of drug-likeness (QED) is 0.579. The zero-order valence-corrected chi connectivity index (χ0v) is 14.9. The minimum Gasteiger partial charge on any atom is -0.506 e. The van der Waals surface area contributed by atoms with E-state index in [0.29, 0.717) is 34.3 Å². The molecular formula is C21H15FN4O2. The van der Waals surface area contributed by atoms with Gasteiger partial charge in [-0.15, -0.1) is 0 Å². The molecule has 2 aromatic carbocycles. The Balaban J connectivity index is 1.89. The molecule has 0 spiro atoms. The van der Waals surface area contributed by atoms with Crippen molar-refractivity contribution in [2.45, 2.75) is 0 Å². The third-order valence-electron chi connectivity index (χ3n) is 4.13. The number of aromatic hydroxyl groups is 1. The Labute approximate surface area is 160 Å². The number of pyridine rings is 1. The lowest BCUT2D eigenvalue weighted by Gasteiger charge is -2.09. The molecule has 0 amide bonds. The van der Waals surface area contributed by atoms with Crippen LogP contribution >= 0.6 is 0 Å². The maximum Gasteiger partial charge on any atom is 0.167 e. The number of benzene rings is 2. The SMILES string of the molecule is COc1ccc(-c2nc(-c3ccc(F)cc3)nc(-c3ccncc3O)n2)cc1. The van der Waals surface area contributed by atoms with Crippen molar-refractivity contribution in [1.82, 2.24) is 19.9 Å². The summed E-state index contributed by atoms with van der Waals surface area (Å²) in [5.41, 5.74) is 1.81. The molecule has 0 radical (unpaired) electrons. The van der Waals surface area contributed by atoms with Crippen LogP contribution in [0.3, 0.4) is 0 Å². The lowest BCUT2D eigenvalue weighted by Crippen LogP contribution is -2.00. The van der Waals surface area contributed by atoms with Crippen molar-refractivity contribution in [1.29, 1.82) is 0 Å². The molecule has 0 aliphatic carbocycles. The molecule has 0 aliphatic rings. The van der Waals surface area contributed by atoms with E-state index in [0.717, 1.165) is 5.56 Å². The van der Waals surface area contributed by atoms with Crippen LogP contribution in [0.2, 0.25) is 0 Å². The van der Waals surface area contributed by atoms with Crippen LogP contribution < -0.4 is 4.74 Å². The summed E-state index contributed by atoms with van der Waals surface area (Å²) in [4.78, 5) is 17.4. The summed E-state index contributed by atoms with van der Waals surface area (Å²) >= 11 is 0. The van der Waals surface area contributed by atoms with Crippen LogP contribution in [0.25, 0.3) is 34.2 Å². The number of hydrogen-bond donors (Lipinski definition) is 1. The number of rotatable bonds is 4. The Bertz CT molecular complexity index is 1120. The summed E-state index contributed by atoms with van der Waals surface area (Å²) in [6.45, 7) is 0. The predicted molar refractivity (Wildman–Crippen MR) is 102 cm³/mol. The van der Waals surface area contributed by atoms with E-state index in [2.05, 4.69) is 19.9 Å². The molecule has 28 heavy (non-hydrogen) atoms. The Morgan fingerprint density at radius 3 is 1.93 bits per heavy atom. The lowest BCUT2D eigenvalue weighted by molar-refractivity contribution is 0.415. The van der Waals surface area contributed by atoms with Gasteiger partial charge in [-0.05, 0) is 54.6 Å². The normalized spacial score (nSPS) is 10.6. The van der Waals surface area contributed by atoms with E-state index in [1.165, 1.54) is 18.3 Å². The van der Waals surface area contributed by atoms with E-state index in [9.17, 15) is 9.50 Å². The molecule has 0 unspecified atom stereocenters. The van der Waals surface area contributed by atoms with E-state index in [1.54, 1.807) is 43.6 Å². The van der Waals surface area contributed by atoms with Crippen molar-refractivity contribution in [2.75, 3.05) is 7.11 Å². The Hall–Kier alpha value is -3.87. The van der Waals surface area contributed by atoms with Crippen molar-refractivity contribution in [3.05, 3.63) is 72.8 Å². The number of nitrogens with zero attached hydrogens (tertiary/aromatic N) is 4. The van der Waals surface area contributed by atoms with E-state index in [1.807, 2.05) is 12.1 Å². The zero-order chi connectivity index (χ0) is 19.5. The van der Waals surface area contributed by atoms with Crippen LogP contribution in [0.5, 0.6) is 11.5 Å². The van der Waals surface area contributed by atoms with Crippen molar-refractivity contribution < 1.29 is 14.2 Å². The second-order valence-electron chi connectivity index (χ2n) is 5.93. The van der Waals surface area contributed by atoms with Gasteiger partial charge in [-0.25, -0.2) is 19.3 Å². The molecule has 0 saturated heterocycles. The lowest BCUT2D eigenvalue weighted by atomic mass is 10.1. The summed E-state index contributed by atoms with van der Waals surface area (Å²) in [5, 5.41) is 10.2. The highest BCUT2D eigenvalue weighted by molar-refractivity contribution is 5.69. The van der Waals surface area contributed by atoms with Crippen molar-refractivity contribution in [3.8, 4) is 45.7 Å². The van der Waals surface area contributed by atoms with Crippen LogP contribution in [-0.4, -0.2) is 32.2 Å². The maximum atomic E-state index is 13.3. The third-order valence-corrected chi connectivity index (χ3v) is 4.13. The van der Waals surface area contributed by atoms with Crippen LogP contribution in [0.4, 0.5) is 4.39 Å². The molecule has 0 bridgehead atoms. The van der Waals surface area contributed by atoms with E-state index < -0.39 is 0 Å². The molecule has 7 heteroatoms. The highest BCUT2D eigenvalue weighted by Gasteiger charge is 2.14. The molecule has 1 N–H and O–H groups in total. The summed E-state index contributed by atoms with van der Waals surface area (Å²) in [5.74, 6) is 1.40. The molecule has 138 valence electrons. The first kappa shape index (κ1) is 17.5. The summed E-state index contributed by atoms with van der Waals surface area (Å²) in [7, 11) is 1.59. The second kappa shape index (κ2) is 7.40. The first-order chi connectivity index (χ1) is 13.6. The summed E-state index contributed by atoms with van der Waals surface area (Å²) in [6, 6.07) is 14.8. The summed E-state index contributed by atoms with van der Waals surface area (Å²) in [6.07, 6.45) is 2.87. The predicted octanol–water partition coefficient (Wildman–Crippen LogP) is 4.12. The van der Waals surface area contributed by atoms with Gasteiger partial charge in [-0.2, -0.15) is 0 Å². The highest BCUT2D eigenvalue weighted by atomic mass is 19.1. The molecule has 0 saturated carbocycles. The van der Waals surface area contributed by atoms with Gasteiger partial charge in [0.1, 0.15) is 17.3 Å². The first-order valence-electron chi connectivity index (χ1n) is 8.44. The number of aromatic nitrogens is 4. The molecule has 4 rings (SSSR count). The molecular weight excluding hydrogens is 359 g/mol. The Kier molecular flexibility index (Phi) is 4.63. The van der Waals surface area contributed by atoms with Gasteiger partial charge in [0.25, 0.3) is 0 Å². The fourth-order valence-electron chi connectivity index (χ4n) is 2.67. The number of hydrogen-bond acceptors (Lipinski definition) is 6. The van der Waals surface area contributed by atoms with Crippen molar-refractivity contribution in [3.63, 3.8) is 0 Å². The van der Waals surface area contributed by atoms with Gasteiger partial charge in [0, 0.05) is 17.3 Å². The minimum atomic E-state index is -0.347. The zero-order valence-electron chi connectivity index (χ0n) is 14.9. The standard InChI is InChI=1S/C21H15FN4O2/c1-28-16-8-4-14(5-9-16)20-24-19(13-2-6-15(22)7-3-13)25-21(26-20)17-10-11-23-12-18(17)27/h2-12,27H,1H3. The monoisotopic (exact) mass is 374 g/mol. The van der Waals surface area contributed by atoms with Crippen molar-refractivity contribution in [2.24, 2.45) is 0 Å². The Morgan fingerprint density at radius 2 is 1.36 bits per heavy atom. The fraction of sp³-hybridized carbons (Fsp3) is 0.0476. The van der Waals surface area contributed by atoms with Gasteiger partial charge in [-0.1, -0.05) is 0 Å². The van der Waals surface area contributed by atoms with Crippen molar-refractivity contribution >= 4 is 0 Å². The highest BCUT2D eigenvalue weighted by Crippen LogP contribution is 2.29. The van der Waals surface area contributed by atoms with Gasteiger partial charge in [0.2, 0.25) is 0 Å². The fourth-order valence-corrected chi connectivity index (χ4v) is 2.67. The summed E-state index contributed by atoms with van der Waals surface area (Å²) < 4.78 is 18.5. The molecule has 2 aromatic heterocycles. The molecule has 4 aromatic rings. The van der Waals surface area contributed by atoms with Gasteiger partial charge in [-0.3, -0.25) is 4.98 Å². The Morgan fingerprint density at radius 1 is 0.786 bits per heavy atom. The topological polar surface area (TPSA) is 81.0 Å². The van der Waals surface area contributed by atoms with E-state index in [-0.39, 0.29) is 11.6 Å². The van der Waals surface area contributed by atoms with E-state index in [4.69, 9.17) is 4.74 Å². The molecule has 2 heterocycles. The van der Waals surface area contributed by atoms with Crippen LogP contribution in [0.1, 0.15) is 0 Å². The molecule has 0 aliphatic heterocycles.